The molecule has 0 amide bonds. The molecule has 0 N–H and O–H groups in total. The number of benzene rings is 2. The van der Waals surface area contributed by atoms with E-state index >= 15 is 0 Å². The summed E-state index contributed by atoms with van der Waals surface area (Å²) in [7, 11) is 0. The average Bonchev–Trinajstić information content (AvgIpc) is 2.64. The summed E-state index contributed by atoms with van der Waals surface area (Å²) < 4.78 is 0. The van der Waals surface area contributed by atoms with E-state index in [4.69, 9.17) is 0 Å². The van der Waals surface area contributed by atoms with Crippen molar-refractivity contribution in [2.75, 3.05) is 0 Å². The van der Waals surface area contributed by atoms with Crippen molar-refractivity contribution < 1.29 is 0 Å². The third-order valence-electron chi connectivity index (χ3n) is 3.71. The molecule has 2 aromatic carbocycles. The van der Waals surface area contributed by atoms with Gasteiger partial charge in [0.2, 0.25) is 0 Å². The van der Waals surface area contributed by atoms with Crippen LogP contribution in [0.25, 0.3) is 11.1 Å². The molecule has 0 nitrogen and oxygen atoms in total. The second kappa shape index (κ2) is 4.75. The van der Waals surface area contributed by atoms with E-state index in [2.05, 4.69) is 48.5 Å². The van der Waals surface area contributed by atoms with Gasteiger partial charge in [-0.3, -0.25) is 0 Å². The maximum absolute atomic E-state index is 2.40. The van der Waals surface area contributed by atoms with Gasteiger partial charge < -0.3 is 0 Å². The maximum Gasteiger partial charge on any atom is -0.0181 e. The van der Waals surface area contributed by atoms with Crippen molar-refractivity contribution in [1.82, 2.24) is 0 Å². The Morgan fingerprint density at radius 2 is 1.35 bits per heavy atom. The molecule has 2 aromatic rings. The minimum absolute atomic E-state index is 1.26. The second-order valence-electron chi connectivity index (χ2n) is 4.91. The largest absolute Gasteiger partial charge is 0.0622 e. The Bertz CT molecular complexity index is 497. The maximum atomic E-state index is 2.40. The van der Waals surface area contributed by atoms with Gasteiger partial charge in [0.05, 0.1) is 0 Å². The Morgan fingerprint density at radius 1 is 0.588 bits per heavy atom. The summed E-state index contributed by atoms with van der Waals surface area (Å²) in [6, 6.07) is 17.7. The molecule has 0 heterocycles. The fraction of sp³-hybridized carbons (Fsp3) is 0.294. The van der Waals surface area contributed by atoms with Crippen molar-refractivity contribution in [3.8, 4) is 11.1 Å². The minimum atomic E-state index is 1.26. The van der Waals surface area contributed by atoms with Crippen molar-refractivity contribution >= 4 is 0 Å². The van der Waals surface area contributed by atoms with Crippen LogP contribution in [-0.4, -0.2) is 0 Å². The molecule has 0 aliphatic heterocycles. The first-order chi connectivity index (χ1) is 8.43. The summed E-state index contributed by atoms with van der Waals surface area (Å²) in [5, 5.41) is 0. The molecule has 0 saturated carbocycles. The predicted octanol–water partition coefficient (Wildman–Crippen LogP) is 4.62. The third-order valence-corrected chi connectivity index (χ3v) is 3.71. The first kappa shape index (κ1) is 10.6. The van der Waals surface area contributed by atoms with E-state index in [0.29, 0.717) is 0 Å². The van der Waals surface area contributed by atoms with Gasteiger partial charge >= 0.3 is 0 Å². The lowest BCUT2D eigenvalue weighted by Crippen LogP contribution is -1.91. The average molecular weight is 222 g/mol. The van der Waals surface area contributed by atoms with Crippen LogP contribution < -0.4 is 0 Å². The van der Waals surface area contributed by atoms with Crippen LogP contribution in [0.2, 0.25) is 0 Å². The van der Waals surface area contributed by atoms with Crippen LogP contribution in [0.3, 0.4) is 0 Å². The normalized spacial score (nSPS) is 15.1. The highest BCUT2D eigenvalue weighted by molar-refractivity contribution is 5.64. The molecule has 0 atom stereocenters. The van der Waals surface area contributed by atoms with Crippen LogP contribution in [0.4, 0.5) is 0 Å². The molecule has 0 spiro atoms. The minimum Gasteiger partial charge on any atom is -0.0622 e. The first-order valence-electron chi connectivity index (χ1n) is 6.61. The van der Waals surface area contributed by atoms with Crippen LogP contribution >= 0.6 is 0 Å². The van der Waals surface area contributed by atoms with Crippen LogP contribution in [0, 0.1) is 0 Å². The van der Waals surface area contributed by atoms with E-state index in [1.54, 1.807) is 11.1 Å². The molecule has 1 aliphatic carbocycles. The van der Waals surface area contributed by atoms with Crippen LogP contribution in [0.5, 0.6) is 0 Å². The molecule has 0 unspecified atom stereocenters. The summed E-state index contributed by atoms with van der Waals surface area (Å²) >= 11 is 0. The van der Waals surface area contributed by atoms with Crippen molar-refractivity contribution in [2.24, 2.45) is 0 Å². The molecule has 17 heavy (non-hydrogen) atoms. The lowest BCUT2D eigenvalue weighted by atomic mass is 9.97. The lowest BCUT2D eigenvalue weighted by molar-refractivity contribution is 0.711. The molecule has 3 rings (SSSR count). The van der Waals surface area contributed by atoms with Gasteiger partial charge in [-0.1, -0.05) is 55.0 Å². The smallest absolute Gasteiger partial charge is 0.0181 e. The third kappa shape index (κ3) is 2.26. The fourth-order valence-electron chi connectivity index (χ4n) is 2.72. The second-order valence-corrected chi connectivity index (χ2v) is 4.91. The van der Waals surface area contributed by atoms with Gasteiger partial charge in [-0.25, -0.2) is 0 Å². The van der Waals surface area contributed by atoms with Crippen LogP contribution in [0.1, 0.15) is 30.4 Å². The lowest BCUT2D eigenvalue weighted by Gasteiger charge is -2.09. The van der Waals surface area contributed by atoms with Gasteiger partial charge in [0.25, 0.3) is 0 Å². The molecule has 0 radical (unpaired) electrons. The molecular weight excluding hydrogens is 204 g/mol. The topological polar surface area (TPSA) is 0 Å². The van der Waals surface area contributed by atoms with E-state index in [9.17, 15) is 0 Å². The molecule has 86 valence electrons. The van der Waals surface area contributed by atoms with Gasteiger partial charge in [0.1, 0.15) is 0 Å². The zero-order valence-corrected chi connectivity index (χ0v) is 10.2. The highest BCUT2D eigenvalue weighted by Gasteiger charge is 2.08. The van der Waals surface area contributed by atoms with Gasteiger partial charge in [-0.15, -0.1) is 0 Å². The van der Waals surface area contributed by atoms with Gasteiger partial charge in [0, 0.05) is 0 Å². The summed E-state index contributed by atoms with van der Waals surface area (Å²) in [6.07, 6.45) is 6.62. The summed E-state index contributed by atoms with van der Waals surface area (Å²) in [4.78, 5) is 0. The summed E-state index contributed by atoms with van der Waals surface area (Å²) in [5.74, 6) is 0. The first-order valence-corrected chi connectivity index (χ1v) is 6.61. The number of fused-ring (bicyclic) bond motifs is 1. The Hall–Kier alpha value is -1.56. The zero-order valence-electron chi connectivity index (χ0n) is 10.2. The monoisotopic (exact) mass is 222 g/mol. The molecule has 0 heteroatoms. The number of rotatable bonds is 1. The summed E-state index contributed by atoms with van der Waals surface area (Å²) in [5.41, 5.74) is 5.84. The predicted molar refractivity (Wildman–Crippen MR) is 73.1 cm³/mol. The van der Waals surface area contributed by atoms with E-state index in [1.165, 1.54) is 43.2 Å². The van der Waals surface area contributed by atoms with Crippen molar-refractivity contribution in [3.63, 3.8) is 0 Å². The molecule has 0 saturated heterocycles. The van der Waals surface area contributed by atoms with Gasteiger partial charge in [-0.05, 0) is 47.9 Å². The Labute approximate surface area is 103 Å². The van der Waals surface area contributed by atoms with E-state index < -0.39 is 0 Å². The number of aryl methyl sites for hydroxylation is 2. The van der Waals surface area contributed by atoms with Crippen LogP contribution in [-0.2, 0) is 12.8 Å². The Morgan fingerprint density at radius 3 is 2.18 bits per heavy atom. The quantitative estimate of drug-likeness (QED) is 0.617. The molecule has 0 fully saturated rings. The highest BCUT2D eigenvalue weighted by atomic mass is 14.1. The Balaban J connectivity index is 2.00. The SMILES string of the molecule is c1ccc(-c2ccc3c(c2)CCCCC3)cc1. The van der Waals surface area contributed by atoms with Crippen molar-refractivity contribution in [3.05, 3.63) is 59.7 Å². The van der Waals surface area contributed by atoms with Gasteiger partial charge in [0.15, 0.2) is 0 Å². The van der Waals surface area contributed by atoms with Crippen molar-refractivity contribution in [1.29, 1.82) is 0 Å². The van der Waals surface area contributed by atoms with E-state index in [0.717, 1.165) is 0 Å². The van der Waals surface area contributed by atoms with E-state index in [1.807, 2.05) is 0 Å². The summed E-state index contributed by atoms with van der Waals surface area (Å²) in [6.45, 7) is 0. The number of hydrogen-bond acceptors (Lipinski definition) is 0. The standard InChI is InChI=1S/C17H18/c1-3-7-14(8-4-1)17-12-11-15-9-5-2-6-10-16(15)13-17/h1,3-4,7-8,11-13H,2,5-6,9-10H2. The van der Waals surface area contributed by atoms with Crippen LogP contribution in [0.15, 0.2) is 48.5 Å². The number of hydrogen-bond donors (Lipinski definition) is 0. The highest BCUT2D eigenvalue weighted by Crippen LogP contribution is 2.26. The van der Waals surface area contributed by atoms with Crippen molar-refractivity contribution in [2.45, 2.75) is 32.1 Å². The molecular formula is C17H18. The van der Waals surface area contributed by atoms with Gasteiger partial charge in [-0.2, -0.15) is 0 Å². The molecule has 0 bridgehead atoms. The molecule has 1 aliphatic rings. The van der Waals surface area contributed by atoms with E-state index in [-0.39, 0.29) is 0 Å². The Kier molecular flexibility index (Phi) is 2.96. The fourth-order valence-corrected chi connectivity index (χ4v) is 2.72. The molecule has 0 aromatic heterocycles. The zero-order chi connectivity index (χ0) is 11.5.